The quantitative estimate of drug-likeness (QED) is 0.910. The summed E-state index contributed by atoms with van der Waals surface area (Å²) in [6.45, 7) is 4.27. The van der Waals surface area contributed by atoms with Crippen LogP contribution in [0.15, 0.2) is 35.5 Å². The predicted octanol–water partition coefficient (Wildman–Crippen LogP) is 2.07. The number of pyridine rings is 2. The molecule has 0 bridgehead atoms. The summed E-state index contributed by atoms with van der Waals surface area (Å²) in [4.78, 5) is 30.8. The van der Waals surface area contributed by atoms with E-state index in [0.717, 1.165) is 12.3 Å². The first-order valence-electron chi connectivity index (χ1n) is 7.58. The number of rotatable bonds is 5. The van der Waals surface area contributed by atoms with Gasteiger partial charge in [-0.05, 0) is 39.6 Å². The number of hydrogen-bond donors (Lipinski definition) is 1. The lowest BCUT2D eigenvalue weighted by molar-refractivity contribution is 0.102. The van der Waals surface area contributed by atoms with Crippen molar-refractivity contribution in [1.82, 2.24) is 14.5 Å². The molecule has 0 fully saturated rings. The molecule has 7 heteroatoms. The van der Waals surface area contributed by atoms with Gasteiger partial charge in [-0.3, -0.25) is 14.6 Å². The molecule has 0 aliphatic carbocycles. The van der Waals surface area contributed by atoms with Crippen LogP contribution in [0.2, 0.25) is 0 Å². The molecule has 128 valence electrons. The van der Waals surface area contributed by atoms with Crippen LogP contribution in [0, 0.1) is 12.7 Å². The van der Waals surface area contributed by atoms with Crippen LogP contribution in [0.5, 0.6) is 0 Å². The summed E-state index contributed by atoms with van der Waals surface area (Å²) in [7, 11) is 3.83. The Kier molecular flexibility index (Phi) is 5.46. The first kappa shape index (κ1) is 17.8. The number of anilines is 1. The Bertz CT molecular complexity index is 801. The van der Waals surface area contributed by atoms with E-state index in [1.54, 1.807) is 19.2 Å². The maximum absolute atomic E-state index is 13.2. The summed E-state index contributed by atoms with van der Waals surface area (Å²) >= 11 is 0. The fourth-order valence-corrected chi connectivity index (χ4v) is 2.55. The van der Waals surface area contributed by atoms with Gasteiger partial charge in [0.05, 0.1) is 18.1 Å². The van der Waals surface area contributed by atoms with Gasteiger partial charge in [-0.2, -0.15) is 0 Å². The molecule has 1 N–H and O–H groups in total. The number of likely N-dealkylation sites (N-methyl/N-ethyl adjacent to an activating group) is 1. The Morgan fingerprint density at radius 3 is 2.75 bits per heavy atom. The standard InChI is InChI=1S/C17H21FN4O2/c1-11-5-6-22(12(2)10-21(3)4)17(24)15(11)16(23)20-14-7-13(18)8-19-9-14/h5-9,12H,10H2,1-4H3,(H,20,23). The van der Waals surface area contributed by atoms with E-state index in [4.69, 9.17) is 0 Å². The van der Waals surface area contributed by atoms with Crippen molar-refractivity contribution in [2.45, 2.75) is 19.9 Å². The lowest BCUT2D eigenvalue weighted by atomic mass is 10.1. The first-order chi connectivity index (χ1) is 11.3. The minimum absolute atomic E-state index is 0.0485. The Morgan fingerprint density at radius 1 is 1.42 bits per heavy atom. The zero-order chi connectivity index (χ0) is 17.9. The van der Waals surface area contributed by atoms with Crippen LogP contribution in [-0.4, -0.2) is 41.0 Å². The fraction of sp³-hybridized carbons (Fsp3) is 0.353. The van der Waals surface area contributed by atoms with Crippen molar-refractivity contribution in [3.8, 4) is 0 Å². The number of hydrogen-bond acceptors (Lipinski definition) is 4. The number of aromatic nitrogens is 2. The average Bonchev–Trinajstić information content (AvgIpc) is 2.46. The summed E-state index contributed by atoms with van der Waals surface area (Å²) in [5, 5.41) is 2.52. The van der Waals surface area contributed by atoms with Gasteiger partial charge in [-0.15, -0.1) is 0 Å². The second kappa shape index (κ2) is 7.35. The van der Waals surface area contributed by atoms with Gasteiger partial charge in [0.1, 0.15) is 11.4 Å². The number of nitrogens with one attached hydrogen (secondary N) is 1. The van der Waals surface area contributed by atoms with Crippen LogP contribution < -0.4 is 10.9 Å². The summed E-state index contributed by atoms with van der Waals surface area (Å²) in [6, 6.07) is 2.79. The molecule has 24 heavy (non-hydrogen) atoms. The molecule has 1 unspecified atom stereocenters. The highest BCUT2D eigenvalue weighted by molar-refractivity contribution is 6.04. The van der Waals surface area contributed by atoms with Gasteiger partial charge in [0, 0.05) is 24.8 Å². The molecular weight excluding hydrogens is 311 g/mol. The number of aryl methyl sites for hydroxylation is 1. The van der Waals surface area contributed by atoms with E-state index in [-0.39, 0.29) is 22.9 Å². The van der Waals surface area contributed by atoms with E-state index in [0.29, 0.717) is 12.1 Å². The van der Waals surface area contributed by atoms with Gasteiger partial charge in [-0.25, -0.2) is 4.39 Å². The monoisotopic (exact) mass is 332 g/mol. The molecule has 0 aliphatic heterocycles. The van der Waals surface area contributed by atoms with Gasteiger partial charge in [0.25, 0.3) is 11.5 Å². The molecule has 1 amide bonds. The molecule has 0 spiro atoms. The number of amides is 1. The predicted molar refractivity (Wildman–Crippen MR) is 90.9 cm³/mol. The lowest BCUT2D eigenvalue weighted by Crippen LogP contribution is -2.34. The van der Waals surface area contributed by atoms with Gasteiger partial charge < -0.3 is 14.8 Å². The SMILES string of the molecule is Cc1ccn(C(C)CN(C)C)c(=O)c1C(=O)Nc1cncc(F)c1. The van der Waals surface area contributed by atoms with E-state index in [1.807, 2.05) is 25.9 Å². The molecule has 0 aliphatic rings. The van der Waals surface area contributed by atoms with Crippen molar-refractivity contribution in [3.05, 3.63) is 58.0 Å². The Morgan fingerprint density at radius 2 is 2.12 bits per heavy atom. The van der Waals surface area contributed by atoms with Crippen molar-refractivity contribution >= 4 is 11.6 Å². The third kappa shape index (κ3) is 4.05. The lowest BCUT2D eigenvalue weighted by Gasteiger charge is -2.20. The minimum atomic E-state index is -0.573. The van der Waals surface area contributed by atoms with Gasteiger partial charge in [0.15, 0.2) is 0 Å². The molecule has 0 saturated carbocycles. The number of nitrogens with zero attached hydrogens (tertiary/aromatic N) is 3. The zero-order valence-electron chi connectivity index (χ0n) is 14.2. The Labute approximate surface area is 139 Å². The van der Waals surface area contributed by atoms with E-state index in [2.05, 4.69) is 10.3 Å². The summed E-state index contributed by atoms with van der Waals surface area (Å²) in [6.07, 6.45) is 4.05. The number of carbonyl (C=O) groups excluding carboxylic acids is 1. The molecule has 0 saturated heterocycles. The molecule has 0 aromatic carbocycles. The van der Waals surface area contributed by atoms with E-state index in [9.17, 15) is 14.0 Å². The van der Waals surface area contributed by atoms with Crippen molar-refractivity contribution in [2.75, 3.05) is 26.0 Å². The molecule has 2 heterocycles. The number of halogens is 1. The van der Waals surface area contributed by atoms with E-state index >= 15 is 0 Å². The average molecular weight is 332 g/mol. The second-order valence-corrected chi connectivity index (χ2v) is 6.04. The Balaban J connectivity index is 2.35. The highest BCUT2D eigenvalue weighted by atomic mass is 19.1. The van der Waals surface area contributed by atoms with Crippen LogP contribution in [0.4, 0.5) is 10.1 Å². The van der Waals surface area contributed by atoms with Crippen molar-refractivity contribution in [3.63, 3.8) is 0 Å². The molecular formula is C17H21FN4O2. The molecule has 2 aromatic rings. The molecule has 0 radical (unpaired) electrons. The summed E-state index contributed by atoms with van der Waals surface area (Å²) in [5.74, 6) is -1.13. The molecule has 2 aromatic heterocycles. The molecule has 2 rings (SSSR count). The van der Waals surface area contributed by atoms with Crippen molar-refractivity contribution < 1.29 is 9.18 Å². The first-order valence-corrected chi connectivity index (χ1v) is 7.58. The van der Waals surface area contributed by atoms with Crippen molar-refractivity contribution in [1.29, 1.82) is 0 Å². The second-order valence-electron chi connectivity index (χ2n) is 6.04. The third-order valence-electron chi connectivity index (χ3n) is 3.62. The minimum Gasteiger partial charge on any atom is -0.320 e. The maximum Gasteiger partial charge on any atom is 0.263 e. The van der Waals surface area contributed by atoms with Crippen LogP contribution >= 0.6 is 0 Å². The van der Waals surface area contributed by atoms with E-state index in [1.165, 1.54) is 10.8 Å². The molecule has 6 nitrogen and oxygen atoms in total. The highest BCUT2D eigenvalue weighted by Crippen LogP contribution is 2.12. The van der Waals surface area contributed by atoms with E-state index < -0.39 is 11.7 Å². The molecule has 1 atom stereocenters. The maximum atomic E-state index is 13.2. The van der Waals surface area contributed by atoms with Crippen LogP contribution in [0.1, 0.15) is 28.9 Å². The van der Waals surface area contributed by atoms with Crippen LogP contribution in [0.25, 0.3) is 0 Å². The fourth-order valence-electron chi connectivity index (χ4n) is 2.55. The van der Waals surface area contributed by atoms with Crippen LogP contribution in [-0.2, 0) is 0 Å². The van der Waals surface area contributed by atoms with Crippen LogP contribution in [0.3, 0.4) is 0 Å². The largest absolute Gasteiger partial charge is 0.320 e. The van der Waals surface area contributed by atoms with Crippen molar-refractivity contribution in [2.24, 2.45) is 0 Å². The normalized spacial score (nSPS) is 12.2. The highest BCUT2D eigenvalue weighted by Gasteiger charge is 2.18. The topological polar surface area (TPSA) is 67.2 Å². The summed E-state index contributed by atoms with van der Waals surface area (Å²) < 4.78 is 14.7. The third-order valence-corrected chi connectivity index (χ3v) is 3.62. The Hall–Kier alpha value is -2.54. The zero-order valence-corrected chi connectivity index (χ0v) is 14.2. The van der Waals surface area contributed by atoms with Gasteiger partial charge in [0.2, 0.25) is 0 Å². The smallest absolute Gasteiger partial charge is 0.263 e. The number of carbonyl (C=O) groups is 1. The summed E-state index contributed by atoms with van der Waals surface area (Å²) in [5.41, 5.74) is 0.448. The van der Waals surface area contributed by atoms with Gasteiger partial charge in [-0.1, -0.05) is 0 Å². The van der Waals surface area contributed by atoms with Gasteiger partial charge >= 0.3 is 0 Å².